The molecule has 2 atom stereocenters. The zero-order chi connectivity index (χ0) is 15.8. The third-order valence-electron chi connectivity index (χ3n) is 3.66. The van der Waals surface area contributed by atoms with Gasteiger partial charge in [0.25, 0.3) is 5.91 Å². The summed E-state index contributed by atoms with van der Waals surface area (Å²) in [5.41, 5.74) is 0.332. The number of amides is 1. The number of β-amino-alcohol motifs (C(OH)–C–C–N with tert-alkyl or cyclic N) is 1. The molecule has 0 spiro atoms. The smallest absolute Gasteiger partial charge is 0.259 e. The summed E-state index contributed by atoms with van der Waals surface area (Å²) < 4.78 is 29.7. The van der Waals surface area contributed by atoms with Crippen molar-refractivity contribution in [3.8, 4) is 0 Å². The second-order valence-electron chi connectivity index (χ2n) is 5.39. The molecular weight excluding hydrogens is 298 g/mol. The first kappa shape index (κ1) is 15.9. The highest BCUT2D eigenvalue weighted by Crippen LogP contribution is 2.22. The van der Waals surface area contributed by atoms with E-state index in [0.717, 1.165) is 4.31 Å². The standard InChI is InChI=1S/C12H19N3O5S/c1-8-10(4-13-20-8)12(17)15-5-9(11(16)6-15)7-21(18,19)14(2)3/h4,9,11,16H,5-7H2,1-3H3/t9-,11-/m0/s1. The summed E-state index contributed by atoms with van der Waals surface area (Å²) in [5.74, 6) is -0.592. The summed E-state index contributed by atoms with van der Waals surface area (Å²) in [6, 6.07) is 0. The van der Waals surface area contributed by atoms with E-state index in [9.17, 15) is 18.3 Å². The number of aryl methyl sites for hydroxylation is 1. The van der Waals surface area contributed by atoms with Gasteiger partial charge in [-0.2, -0.15) is 0 Å². The third-order valence-corrected chi connectivity index (χ3v) is 5.62. The number of carbonyl (C=O) groups is 1. The molecule has 1 aliphatic heterocycles. The van der Waals surface area contributed by atoms with Gasteiger partial charge in [0.2, 0.25) is 10.0 Å². The van der Waals surface area contributed by atoms with E-state index in [1.807, 2.05) is 0 Å². The van der Waals surface area contributed by atoms with E-state index in [0.29, 0.717) is 11.3 Å². The first-order valence-corrected chi connectivity index (χ1v) is 8.12. The Bertz CT molecular complexity index is 625. The summed E-state index contributed by atoms with van der Waals surface area (Å²) in [7, 11) is -0.532. The molecule has 21 heavy (non-hydrogen) atoms. The van der Waals surface area contributed by atoms with Gasteiger partial charge in [-0.15, -0.1) is 0 Å². The highest BCUT2D eigenvalue weighted by atomic mass is 32.2. The Kier molecular flexibility index (Phi) is 4.35. The van der Waals surface area contributed by atoms with Crippen LogP contribution in [-0.4, -0.2) is 72.8 Å². The lowest BCUT2D eigenvalue weighted by molar-refractivity contribution is 0.0763. The molecule has 8 nitrogen and oxygen atoms in total. The highest BCUT2D eigenvalue weighted by Gasteiger charge is 2.38. The number of rotatable bonds is 4. The first-order valence-electron chi connectivity index (χ1n) is 6.51. The van der Waals surface area contributed by atoms with E-state index in [2.05, 4.69) is 5.16 Å². The minimum absolute atomic E-state index is 0.108. The van der Waals surface area contributed by atoms with Crippen LogP contribution in [0.1, 0.15) is 16.1 Å². The van der Waals surface area contributed by atoms with Crippen molar-refractivity contribution in [2.45, 2.75) is 13.0 Å². The maximum atomic E-state index is 12.3. The van der Waals surface area contributed by atoms with Gasteiger partial charge in [-0.05, 0) is 6.92 Å². The fourth-order valence-corrected chi connectivity index (χ4v) is 3.44. The van der Waals surface area contributed by atoms with Crippen molar-refractivity contribution < 1.29 is 22.8 Å². The fraction of sp³-hybridized carbons (Fsp3) is 0.667. The van der Waals surface area contributed by atoms with Crippen LogP contribution in [0.25, 0.3) is 0 Å². The molecule has 1 aromatic heterocycles. The van der Waals surface area contributed by atoms with Gasteiger partial charge < -0.3 is 14.5 Å². The Morgan fingerprint density at radius 3 is 2.71 bits per heavy atom. The van der Waals surface area contributed by atoms with Crippen molar-refractivity contribution in [3.63, 3.8) is 0 Å². The van der Waals surface area contributed by atoms with Crippen LogP contribution >= 0.6 is 0 Å². The zero-order valence-corrected chi connectivity index (χ0v) is 13.0. The number of aromatic nitrogens is 1. The first-order chi connectivity index (χ1) is 9.72. The minimum atomic E-state index is -3.42. The number of hydrogen-bond donors (Lipinski definition) is 1. The quantitative estimate of drug-likeness (QED) is 0.788. The molecule has 0 radical (unpaired) electrons. The molecule has 1 N–H and O–H groups in total. The fourth-order valence-electron chi connectivity index (χ4n) is 2.28. The number of aliphatic hydroxyl groups is 1. The Morgan fingerprint density at radius 1 is 1.52 bits per heavy atom. The number of likely N-dealkylation sites (tertiary alicyclic amines) is 1. The molecule has 0 unspecified atom stereocenters. The van der Waals surface area contributed by atoms with Crippen molar-refractivity contribution >= 4 is 15.9 Å². The molecule has 118 valence electrons. The number of nitrogens with zero attached hydrogens (tertiary/aromatic N) is 3. The van der Waals surface area contributed by atoms with E-state index in [1.165, 1.54) is 25.2 Å². The van der Waals surface area contributed by atoms with Crippen molar-refractivity contribution in [1.82, 2.24) is 14.4 Å². The molecule has 9 heteroatoms. The van der Waals surface area contributed by atoms with Crippen molar-refractivity contribution in [2.75, 3.05) is 32.9 Å². The van der Waals surface area contributed by atoms with Gasteiger partial charge in [-0.1, -0.05) is 5.16 Å². The van der Waals surface area contributed by atoms with Crippen LogP contribution in [0.4, 0.5) is 0 Å². The number of hydrogen-bond acceptors (Lipinski definition) is 6. The molecular formula is C12H19N3O5S. The van der Waals surface area contributed by atoms with Gasteiger partial charge in [0, 0.05) is 33.1 Å². The van der Waals surface area contributed by atoms with Gasteiger partial charge in [-0.25, -0.2) is 12.7 Å². The van der Waals surface area contributed by atoms with E-state index in [1.54, 1.807) is 6.92 Å². The summed E-state index contributed by atoms with van der Waals surface area (Å²) in [5, 5.41) is 13.6. The molecule has 2 heterocycles. The number of aliphatic hydroxyl groups excluding tert-OH is 1. The monoisotopic (exact) mass is 317 g/mol. The van der Waals surface area contributed by atoms with E-state index in [-0.39, 0.29) is 24.7 Å². The largest absolute Gasteiger partial charge is 0.391 e. The molecule has 1 fully saturated rings. The highest BCUT2D eigenvalue weighted by molar-refractivity contribution is 7.89. The molecule has 1 aliphatic rings. The summed E-state index contributed by atoms with van der Waals surface area (Å²) in [4.78, 5) is 13.7. The molecule has 2 rings (SSSR count). The third kappa shape index (κ3) is 3.25. The summed E-state index contributed by atoms with van der Waals surface area (Å²) in [6.45, 7) is 1.93. The van der Waals surface area contributed by atoms with Gasteiger partial charge in [-0.3, -0.25) is 4.79 Å². The molecule has 0 bridgehead atoms. The van der Waals surface area contributed by atoms with Crippen LogP contribution in [-0.2, 0) is 10.0 Å². The average molecular weight is 317 g/mol. The lowest BCUT2D eigenvalue weighted by atomic mass is 10.1. The van der Waals surface area contributed by atoms with Crippen molar-refractivity contribution in [2.24, 2.45) is 5.92 Å². The Hall–Kier alpha value is -1.45. The Morgan fingerprint density at radius 2 is 2.19 bits per heavy atom. The Balaban J connectivity index is 2.08. The molecule has 0 aliphatic carbocycles. The average Bonchev–Trinajstić information content (AvgIpc) is 2.95. The van der Waals surface area contributed by atoms with E-state index in [4.69, 9.17) is 4.52 Å². The maximum Gasteiger partial charge on any atom is 0.259 e. The maximum absolute atomic E-state index is 12.3. The predicted octanol–water partition coefficient (Wildman–Crippen LogP) is -0.693. The van der Waals surface area contributed by atoms with Crippen LogP contribution in [0.5, 0.6) is 0 Å². The van der Waals surface area contributed by atoms with Crippen LogP contribution < -0.4 is 0 Å². The molecule has 1 saturated heterocycles. The molecule has 0 aromatic carbocycles. The lowest BCUT2D eigenvalue weighted by Gasteiger charge is -2.17. The van der Waals surface area contributed by atoms with Crippen LogP contribution in [0, 0.1) is 12.8 Å². The van der Waals surface area contributed by atoms with Gasteiger partial charge in [0.1, 0.15) is 11.3 Å². The van der Waals surface area contributed by atoms with Crippen molar-refractivity contribution in [3.05, 3.63) is 17.5 Å². The second kappa shape index (κ2) is 5.74. The van der Waals surface area contributed by atoms with Gasteiger partial charge >= 0.3 is 0 Å². The SMILES string of the molecule is Cc1oncc1C(=O)N1C[C@@H](CS(=O)(=O)N(C)C)[C@@H](O)C1. The molecule has 0 saturated carbocycles. The van der Waals surface area contributed by atoms with Crippen LogP contribution in [0.2, 0.25) is 0 Å². The number of sulfonamides is 1. The van der Waals surface area contributed by atoms with Crippen LogP contribution in [0.15, 0.2) is 10.7 Å². The Labute approximate surface area is 123 Å². The normalized spacial score (nSPS) is 23.0. The zero-order valence-electron chi connectivity index (χ0n) is 12.2. The molecule has 1 aromatic rings. The van der Waals surface area contributed by atoms with Gasteiger partial charge in [0.15, 0.2) is 0 Å². The molecule has 1 amide bonds. The topological polar surface area (TPSA) is 104 Å². The van der Waals surface area contributed by atoms with Gasteiger partial charge in [0.05, 0.1) is 18.1 Å². The lowest BCUT2D eigenvalue weighted by Crippen LogP contribution is -2.33. The van der Waals surface area contributed by atoms with Crippen molar-refractivity contribution in [1.29, 1.82) is 0 Å². The van der Waals surface area contributed by atoms with Crippen LogP contribution in [0.3, 0.4) is 0 Å². The van der Waals surface area contributed by atoms with E-state index >= 15 is 0 Å². The summed E-state index contributed by atoms with van der Waals surface area (Å²) in [6.07, 6.45) is 0.470. The second-order valence-corrected chi connectivity index (χ2v) is 7.62. The number of carbonyl (C=O) groups excluding carboxylic acids is 1. The predicted molar refractivity (Wildman–Crippen MR) is 74.1 cm³/mol. The summed E-state index contributed by atoms with van der Waals surface area (Å²) >= 11 is 0. The minimum Gasteiger partial charge on any atom is -0.391 e. The van der Waals surface area contributed by atoms with E-state index < -0.39 is 22.0 Å².